The molecule has 0 saturated heterocycles. The quantitative estimate of drug-likeness (QED) is 0.340. The summed E-state index contributed by atoms with van der Waals surface area (Å²) in [6.45, 7) is 4.81. The Bertz CT molecular complexity index is 1260. The zero-order chi connectivity index (χ0) is 21.1. The second-order valence-electron chi connectivity index (χ2n) is 7.03. The highest BCUT2D eigenvalue weighted by Gasteiger charge is 2.09. The highest BCUT2D eigenvalue weighted by atomic mass is 35.5. The molecule has 0 aliphatic heterocycles. The molecular formula is C24H22ClN3O2. The minimum Gasteiger partial charge on any atom is -0.484 e. The summed E-state index contributed by atoms with van der Waals surface area (Å²) in [5, 5.41) is 7.11. The summed E-state index contributed by atoms with van der Waals surface area (Å²) in [6.07, 6.45) is 1.64. The zero-order valence-electron chi connectivity index (χ0n) is 16.9. The van der Waals surface area contributed by atoms with Gasteiger partial charge >= 0.3 is 0 Å². The molecule has 30 heavy (non-hydrogen) atoms. The van der Waals surface area contributed by atoms with Gasteiger partial charge in [0, 0.05) is 33.4 Å². The molecule has 6 heteroatoms. The number of carbonyl (C=O) groups is 1. The summed E-state index contributed by atoms with van der Waals surface area (Å²) in [5.74, 6) is 0.260. The fraction of sp³-hybridized carbons (Fsp3) is 0.167. The number of amides is 1. The lowest BCUT2D eigenvalue weighted by Crippen LogP contribution is -2.24. The first-order valence-electron chi connectivity index (χ1n) is 9.78. The minimum atomic E-state index is -0.331. The molecule has 0 fully saturated rings. The number of ether oxygens (including phenoxy) is 1. The van der Waals surface area contributed by atoms with Crippen LogP contribution in [-0.4, -0.2) is 23.3 Å². The molecule has 0 atom stereocenters. The molecule has 0 unspecified atom stereocenters. The maximum atomic E-state index is 12.0. The third-order valence-electron chi connectivity index (χ3n) is 5.01. The third kappa shape index (κ3) is 4.02. The van der Waals surface area contributed by atoms with E-state index < -0.39 is 0 Å². The molecule has 1 heterocycles. The highest BCUT2D eigenvalue weighted by molar-refractivity contribution is 6.31. The lowest BCUT2D eigenvalue weighted by Gasteiger charge is -2.06. The van der Waals surface area contributed by atoms with E-state index in [-0.39, 0.29) is 12.5 Å². The molecule has 152 valence electrons. The van der Waals surface area contributed by atoms with Crippen molar-refractivity contribution >= 4 is 45.5 Å². The first kappa shape index (κ1) is 20.0. The number of hydrogen-bond acceptors (Lipinski definition) is 3. The number of para-hydroxylation sites is 1. The van der Waals surface area contributed by atoms with Crippen molar-refractivity contribution in [3.05, 3.63) is 76.8 Å². The van der Waals surface area contributed by atoms with Crippen LogP contribution in [0.3, 0.4) is 0 Å². The predicted molar refractivity (Wildman–Crippen MR) is 123 cm³/mol. The molecule has 5 nitrogen and oxygen atoms in total. The number of halogens is 1. The summed E-state index contributed by atoms with van der Waals surface area (Å²) in [5.41, 5.74) is 6.71. The van der Waals surface area contributed by atoms with Gasteiger partial charge in [-0.1, -0.05) is 35.9 Å². The Morgan fingerprint density at radius 2 is 1.90 bits per heavy atom. The van der Waals surface area contributed by atoms with Gasteiger partial charge in [0.15, 0.2) is 6.61 Å². The molecule has 0 saturated carbocycles. The summed E-state index contributed by atoms with van der Waals surface area (Å²) in [6, 6.07) is 19.8. The number of aromatic nitrogens is 1. The van der Waals surface area contributed by atoms with Crippen LogP contribution in [0.5, 0.6) is 5.75 Å². The molecule has 0 radical (unpaired) electrons. The van der Waals surface area contributed by atoms with Crippen molar-refractivity contribution in [3.8, 4) is 5.75 Å². The highest BCUT2D eigenvalue weighted by Crippen LogP contribution is 2.29. The Kier molecular flexibility index (Phi) is 5.72. The van der Waals surface area contributed by atoms with Crippen LogP contribution in [-0.2, 0) is 11.3 Å². The lowest BCUT2D eigenvalue weighted by atomic mass is 10.1. The largest absolute Gasteiger partial charge is 0.484 e. The van der Waals surface area contributed by atoms with Gasteiger partial charge in [-0.3, -0.25) is 4.79 Å². The van der Waals surface area contributed by atoms with Crippen molar-refractivity contribution in [2.75, 3.05) is 6.61 Å². The van der Waals surface area contributed by atoms with E-state index in [9.17, 15) is 4.79 Å². The van der Waals surface area contributed by atoms with Crippen LogP contribution >= 0.6 is 11.6 Å². The summed E-state index contributed by atoms with van der Waals surface area (Å²) >= 11 is 5.99. The number of hydrogen-bond donors (Lipinski definition) is 1. The Morgan fingerprint density at radius 3 is 2.70 bits per heavy atom. The van der Waals surface area contributed by atoms with Gasteiger partial charge in [-0.25, -0.2) is 5.43 Å². The van der Waals surface area contributed by atoms with Gasteiger partial charge in [-0.2, -0.15) is 5.10 Å². The Balaban J connectivity index is 1.44. The Morgan fingerprint density at radius 1 is 1.10 bits per heavy atom. The van der Waals surface area contributed by atoms with E-state index >= 15 is 0 Å². The van der Waals surface area contributed by atoms with Crippen molar-refractivity contribution in [3.63, 3.8) is 0 Å². The van der Waals surface area contributed by atoms with E-state index in [1.165, 1.54) is 21.8 Å². The maximum Gasteiger partial charge on any atom is 0.277 e. The number of aryl methyl sites for hydroxylation is 2. The fourth-order valence-electron chi connectivity index (χ4n) is 3.56. The standard InChI is InChI=1S/C24H22ClN3O2/c1-3-28-22-7-5-4-6-19(22)20-13-17(8-11-23(20)28)14-26-27-24(29)15-30-18-9-10-21(25)16(2)12-18/h4-14H,3,15H2,1-2H3,(H,27,29)/b26-14+. The number of benzene rings is 3. The molecule has 1 amide bonds. The first-order valence-corrected chi connectivity index (χ1v) is 10.2. The van der Waals surface area contributed by atoms with Crippen LogP contribution < -0.4 is 10.2 Å². The summed E-state index contributed by atoms with van der Waals surface area (Å²) in [4.78, 5) is 12.0. The second-order valence-corrected chi connectivity index (χ2v) is 7.44. The SMILES string of the molecule is CCn1c2ccccc2c2cc(/C=N/NC(=O)COc3ccc(Cl)c(C)c3)ccc21. The van der Waals surface area contributed by atoms with Crippen molar-refractivity contribution in [2.45, 2.75) is 20.4 Å². The van der Waals surface area contributed by atoms with Crippen molar-refractivity contribution < 1.29 is 9.53 Å². The molecule has 0 aliphatic carbocycles. The number of carbonyl (C=O) groups excluding carboxylic acids is 1. The minimum absolute atomic E-state index is 0.124. The van der Waals surface area contributed by atoms with E-state index in [1.54, 1.807) is 24.4 Å². The molecule has 3 aromatic carbocycles. The van der Waals surface area contributed by atoms with E-state index in [0.717, 1.165) is 17.7 Å². The molecule has 0 aliphatic rings. The maximum absolute atomic E-state index is 12.0. The van der Waals surface area contributed by atoms with Crippen LogP contribution in [0.25, 0.3) is 21.8 Å². The molecule has 0 spiro atoms. The summed E-state index contributed by atoms with van der Waals surface area (Å²) < 4.78 is 7.77. The van der Waals surface area contributed by atoms with Gasteiger partial charge in [-0.15, -0.1) is 0 Å². The topological polar surface area (TPSA) is 55.6 Å². The normalized spacial score (nSPS) is 11.4. The number of nitrogens with one attached hydrogen (secondary N) is 1. The van der Waals surface area contributed by atoms with Gasteiger partial charge < -0.3 is 9.30 Å². The molecule has 1 N–H and O–H groups in total. The first-order chi connectivity index (χ1) is 14.6. The average Bonchev–Trinajstić information content (AvgIpc) is 3.07. The fourth-order valence-corrected chi connectivity index (χ4v) is 3.68. The zero-order valence-corrected chi connectivity index (χ0v) is 17.6. The number of rotatable bonds is 6. The van der Waals surface area contributed by atoms with Gasteiger partial charge in [0.1, 0.15) is 5.75 Å². The van der Waals surface area contributed by atoms with Crippen molar-refractivity contribution in [2.24, 2.45) is 5.10 Å². The van der Waals surface area contributed by atoms with Crippen LogP contribution in [0.1, 0.15) is 18.1 Å². The van der Waals surface area contributed by atoms with Gasteiger partial charge in [0.05, 0.1) is 6.21 Å². The lowest BCUT2D eigenvalue weighted by molar-refractivity contribution is -0.123. The van der Waals surface area contributed by atoms with Crippen LogP contribution in [0.4, 0.5) is 0 Å². The molecule has 0 bridgehead atoms. The van der Waals surface area contributed by atoms with Crippen LogP contribution in [0.2, 0.25) is 5.02 Å². The Labute approximate surface area is 179 Å². The van der Waals surface area contributed by atoms with Crippen molar-refractivity contribution in [1.82, 2.24) is 9.99 Å². The smallest absolute Gasteiger partial charge is 0.277 e. The van der Waals surface area contributed by atoms with Gasteiger partial charge in [0.25, 0.3) is 5.91 Å². The van der Waals surface area contributed by atoms with E-state index in [4.69, 9.17) is 16.3 Å². The van der Waals surface area contributed by atoms with Crippen LogP contribution in [0.15, 0.2) is 65.8 Å². The number of nitrogens with zero attached hydrogens (tertiary/aromatic N) is 2. The van der Waals surface area contributed by atoms with Crippen LogP contribution in [0, 0.1) is 6.92 Å². The third-order valence-corrected chi connectivity index (χ3v) is 5.44. The Hall–Kier alpha value is -3.31. The predicted octanol–water partition coefficient (Wildman–Crippen LogP) is 5.31. The molecule has 4 aromatic rings. The second kappa shape index (κ2) is 8.59. The van der Waals surface area contributed by atoms with E-state index in [0.29, 0.717) is 10.8 Å². The molecule has 4 rings (SSSR count). The van der Waals surface area contributed by atoms with E-state index in [2.05, 4.69) is 52.3 Å². The van der Waals surface area contributed by atoms with Gasteiger partial charge in [0.2, 0.25) is 0 Å². The molecule has 1 aromatic heterocycles. The summed E-state index contributed by atoms with van der Waals surface area (Å²) in [7, 11) is 0. The average molecular weight is 420 g/mol. The monoisotopic (exact) mass is 419 g/mol. The van der Waals surface area contributed by atoms with E-state index in [1.807, 2.05) is 19.1 Å². The number of fused-ring (bicyclic) bond motifs is 3. The van der Waals surface area contributed by atoms with Gasteiger partial charge in [-0.05, 0) is 61.4 Å². The number of hydrazone groups is 1. The van der Waals surface area contributed by atoms with Crippen molar-refractivity contribution in [1.29, 1.82) is 0 Å². The molecular weight excluding hydrogens is 398 g/mol.